The Bertz CT molecular complexity index is 1200. The van der Waals surface area contributed by atoms with Gasteiger partial charge in [0.25, 0.3) is 11.8 Å². The van der Waals surface area contributed by atoms with Gasteiger partial charge in [0, 0.05) is 41.4 Å². The number of anilines is 1. The fourth-order valence-electron chi connectivity index (χ4n) is 3.43. The van der Waals surface area contributed by atoms with E-state index in [0.29, 0.717) is 49.3 Å². The molecule has 3 rings (SSSR count). The van der Waals surface area contributed by atoms with Crippen molar-refractivity contribution in [3.05, 3.63) is 66.9 Å². The number of rotatable bonds is 7. The van der Waals surface area contributed by atoms with Gasteiger partial charge in [-0.1, -0.05) is 23.2 Å². The lowest BCUT2D eigenvalue weighted by Gasteiger charge is -2.27. The van der Waals surface area contributed by atoms with Crippen molar-refractivity contribution < 1.29 is 9.59 Å². The number of amides is 2. The minimum absolute atomic E-state index is 0.216. The second-order valence-corrected chi connectivity index (χ2v) is 9.39. The molecule has 0 atom stereocenters. The summed E-state index contributed by atoms with van der Waals surface area (Å²) in [6, 6.07) is 8.20. The minimum atomic E-state index is -0.381. The summed E-state index contributed by atoms with van der Waals surface area (Å²) in [6.45, 7) is 6.96. The van der Waals surface area contributed by atoms with E-state index in [0.717, 1.165) is 0 Å². The van der Waals surface area contributed by atoms with Gasteiger partial charge in [0.2, 0.25) is 0 Å². The quantitative estimate of drug-likeness (QED) is 0.314. The second-order valence-electron chi connectivity index (χ2n) is 6.88. The fraction of sp³-hybridized carbons (Fsp3) is 0.273. The van der Waals surface area contributed by atoms with Gasteiger partial charge in [-0.05, 0) is 76.9 Å². The molecule has 11 heteroatoms. The fourth-order valence-corrected chi connectivity index (χ4v) is 5.03. The molecular weight excluding hydrogens is 597 g/mol. The van der Waals surface area contributed by atoms with Gasteiger partial charge >= 0.3 is 0 Å². The summed E-state index contributed by atoms with van der Waals surface area (Å²) >= 11 is 19.4. The van der Waals surface area contributed by atoms with E-state index in [4.69, 9.17) is 23.2 Å². The molecule has 0 spiro atoms. The van der Waals surface area contributed by atoms with Crippen LogP contribution in [0.15, 0.2) is 45.6 Å². The number of benzene rings is 1. The highest BCUT2D eigenvalue weighted by molar-refractivity contribution is 9.10. The summed E-state index contributed by atoms with van der Waals surface area (Å²) in [7, 11) is 0. The van der Waals surface area contributed by atoms with Crippen LogP contribution in [0.1, 0.15) is 41.6 Å². The van der Waals surface area contributed by atoms with Crippen molar-refractivity contribution in [3.63, 3.8) is 0 Å². The molecule has 0 N–H and O–H groups in total. The van der Waals surface area contributed by atoms with Crippen molar-refractivity contribution in [2.45, 2.75) is 20.8 Å². The van der Waals surface area contributed by atoms with E-state index in [9.17, 15) is 9.59 Å². The van der Waals surface area contributed by atoms with E-state index >= 15 is 0 Å². The number of pyridine rings is 1. The second kappa shape index (κ2) is 11.0. The van der Waals surface area contributed by atoms with Crippen LogP contribution in [0.25, 0.3) is 5.82 Å². The Balaban J connectivity index is 2.17. The molecule has 0 fully saturated rings. The van der Waals surface area contributed by atoms with Gasteiger partial charge in [0.15, 0.2) is 5.82 Å². The Kier molecular flexibility index (Phi) is 8.55. The first-order chi connectivity index (χ1) is 15.7. The summed E-state index contributed by atoms with van der Waals surface area (Å²) in [5.74, 6) is -0.278. The van der Waals surface area contributed by atoms with Crippen LogP contribution in [0.3, 0.4) is 0 Å². The molecule has 0 bridgehead atoms. The number of nitrogens with zero attached hydrogens (tertiary/aromatic N) is 5. The first-order valence-electron chi connectivity index (χ1n) is 10.2. The van der Waals surface area contributed by atoms with Crippen molar-refractivity contribution in [3.8, 4) is 5.82 Å². The molecule has 2 aromatic heterocycles. The van der Waals surface area contributed by atoms with Crippen molar-refractivity contribution in [1.29, 1.82) is 0 Å². The van der Waals surface area contributed by atoms with Crippen molar-refractivity contribution in [2.75, 3.05) is 24.5 Å². The zero-order chi connectivity index (χ0) is 24.3. The summed E-state index contributed by atoms with van der Waals surface area (Å²) in [5.41, 5.74) is 0.987. The highest BCUT2D eigenvalue weighted by atomic mass is 79.9. The summed E-state index contributed by atoms with van der Waals surface area (Å²) < 4.78 is 2.35. The molecule has 7 nitrogen and oxygen atoms in total. The topological polar surface area (TPSA) is 71.3 Å². The summed E-state index contributed by atoms with van der Waals surface area (Å²) in [6.07, 6.45) is 1.57. The van der Waals surface area contributed by atoms with Gasteiger partial charge in [0.1, 0.15) is 10.3 Å². The Morgan fingerprint density at radius 1 is 1.03 bits per heavy atom. The number of carbonyl (C=O) groups is 2. The average Bonchev–Trinajstić information content (AvgIpc) is 3.17. The summed E-state index contributed by atoms with van der Waals surface area (Å²) in [4.78, 5) is 34.6. The molecule has 0 aliphatic rings. The highest BCUT2D eigenvalue weighted by Gasteiger charge is 2.29. The molecule has 0 radical (unpaired) electrons. The Morgan fingerprint density at radius 2 is 1.73 bits per heavy atom. The number of halogens is 4. The lowest BCUT2D eigenvalue weighted by molar-refractivity contribution is 0.0773. The minimum Gasteiger partial charge on any atom is -0.339 e. The van der Waals surface area contributed by atoms with Crippen LogP contribution in [0, 0.1) is 0 Å². The Labute approximate surface area is 218 Å². The van der Waals surface area contributed by atoms with Gasteiger partial charge in [-0.25, -0.2) is 9.67 Å². The van der Waals surface area contributed by atoms with Gasteiger partial charge < -0.3 is 9.80 Å². The van der Waals surface area contributed by atoms with E-state index in [2.05, 4.69) is 41.9 Å². The highest BCUT2D eigenvalue weighted by Crippen LogP contribution is 2.36. The largest absolute Gasteiger partial charge is 0.339 e. The molecule has 2 amide bonds. The van der Waals surface area contributed by atoms with Gasteiger partial charge in [-0.3, -0.25) is 9.59 Å². The van der Waals surface area contributed by atoms with Crippen LogP contribution >= 0.6 is 55.1 Å². The predicted molar refractivity (Wildman–Crippen MR) is 138 cm³/mol. The van der Waals surface area contributed by atoms with Crippen molar-refractivity contribution >= 4 is 72.6 Å². The number of carbonyl (C=O) groups excluding carboxylic acids is 2. The van der Waals surface area contributed by atoms with Gasteiger partial charge in [-0.15, -0.1) is 0 Å². The molecule has 0 unspecified atom stereocenters. The van der Waals surface area contributed by atoms with Gasteiger partial charge in [-0.2, -0.15) is 5.10 Å². The van der Waals surface area contributed by atoms with Crippen LogP contribution in [0.2, 0.25) is 10.0 Å². The first-order valence-corrected chi connectivity index (χ1v) is 12.5. The lowest BCUT2D eigenvalue weighted by Crippen LogP contribution is -2.36. The van der Waals surface area contributed by atoms with E-state index in [1.807, 2.05) is 20.8 Å². The molecule has 174 valence electrons. The van der Waals surface area contributed by atoms with Crippen LogP contribution in [0.4, 0.5) is 5.69 Å². The first kappa shape index (κ1) is 25.7. The van der Waals surface area contributed by atoms with Crippen LogP contribution in [-0.2, 0) is 0 Å². The lowest BCUT2D eigenvalue weighted by atomic mass is 10.1. The number of hydrogen-bond acceptors (Lipinski definition) is 4. The molecule has 0 aliphatic carbocycles. The third kappa shape index (κ3) is 5.26. The molecule has 3 aromatic rings. The Hall–Kier alpha value is -1.94. The molecule has 0 aliphatic heterocycles. The normalized spacial score (nSPS) is 10.9. The van der Waals surface area contributed by atoms with Crippen LogP contribution in [0.5, 0.6) is 0 Å². The maximum atomic E-state index is 13.8. The molecule has 0 saturated carbocycles. The predicted octanol–water partition coefficient (Wildman–Crippen LogP) is 6.25. The van der Waals surface area contributed by atoms with E-state index < -0.39 is 0 Å². The third-order valence-corrected chi connectivity index (χ3v) is 6.48. The van der Waals surface area contributed by atoms with E-state index in [1.165, 1.54) is 9.58 Å². The molecular formula is C22H21Br2Cl2N5O2. The zero-order valence-electron chi connectivity index (χ0n) is 18.1. The van der Waals surface area contributed by atoms with E-state index in [-0.39, 0.29) is 24.1 Å². The summed E-state index contributed by atoms with van der Waals surface area (Å²) in [5, 5.41) is 5.08. The maximum absolute atomic E-state index is 13.8. The smallest absolute Gasteiger partial charge is 0.277 e. The zero-order valence-corrected chi connectivity index (χ0v) is 22.8. The SMILES string of the molecule is CCN(CC)C(=O)c1cc(Cl)cc(Br)c1N(CC)C(=O)c1cc(Br)nn1-c1ncccc1Cl. The number of hydrogen-bond donors (Lipinski definition) is 0. The maximum Gasteiger partial charge on any atom is 0.277 e. The molecule has 33 heavy (non-hydrogen) atoms. The van der Waals surface area contributed by atoms with Crippen molar-refractivity contribution in [2.24, 2.45) is 0 Å². The monoisotopic (exact) mass is 615 g/mol. The molecule has 1 aromatic carbocycles. The third-order valence-electron chi connectivity index (χ3n) is 4.98. The van der Waals surface area contributed by atoms with Crippen LogP contribution < -0.4 is 4.90 Å². The Morgan fingerprint density at radius 3 is 2.33 bits per heavy atom. The van der Waals surface area contributed by atoms with Gasteiger partial charge in [0.05, 0.1) is 16.3 Å². The van der Waals surface area contributed by atoms with Crippen LogP contribution in [-0.4, -0.2) is 51.1 Å². The molecule has 2 heterocycles. The average molecular weight is 618 g/mol. The van der Waals surface area contributed by atoms with E-state index in [1.54, 1.807) is 41.4 Å². The standard InChI is InChI=1S/C22H21Br2Cl2N5O2/c1-4-29(5-2)21(32)14-10-13(25)11-15(23)19(14)30(6-3)22(33)17-12-18(24)28-31(17)20-16(26)8-7-9-27-20/h7-12H,4-6H2,1-3H3. The molecule has 0 saturated heterocycles. The number of aromatic nitrogens is 3. The van der Waals surface area contributed by atoms with Crippen molar-refractivity contribution in [1.82, 2.24) is 19.7 Å².